The van der Waals surface area contributed by atoms with Crippen LogP contribution in [0.1, 0.15) is 30.2 Å². The first-order chi connectivity index (χ1) is 8.01. The SMILES string of the molecule is CCCN(C)c1nc(C)cc(C)c1C(N)=NO. The monoisotopic (exact) mass is 236 g/mol. The Kier molecular flexibility index (Phi) is 4.31. The molecule has 0 saturated carbocycles. The van der Waals surface area contributed by atoms with E-state index in [0.717, 1.165) is 30.0 Å². The Labute approximate surface area is 102 Å². The first-order valence-corrected chi connectivity index (χ1v) is 5.68. The fraction of sp³-hybridized carbons (Fsp3) is 0.500. The van der Waals surface area contributed by atoms with Crippen LogP contribution >= 0.6 is 0 Å². The molecule has 3 N–H and O–H groups in total. The smallest absolute Gasteiger partial charge is 0.174 e. The average molecular weight is 236 g/mol. The van der Waals surface area contributed by atoms with E-state index in [4.69, 9.17) is 10.9 Å². The summed E-state index contributed by atoms with van der Waals surface area (Å²) < 4.78 is 0. The van der Waals surface area contributed by atoms with Crippen molar-refractivity contribution in [2.24, 2.45) is 10.9 Å². The number of amidine groups is 1. The van der Waals surface area contributed by atoms with E-state index in [0.29, 0.717) is 5.56 Å². The minimum absolute atomic E-state index is 0.105. The van der Waals surface area contributed by atoms with Gasteiger partial charge in [0.15, 0.2) is 5.84 Å². The minimum atomic E-state index is 0.105. The minimum Gasteiger partial charge on any atom is -0.409 e. The summed E-state index contributed by atoms with van der Waals surface area (Å²) in [7, 11) is 1.96. The van der Waals surface area contributed by atoms with Crippen LogP contribution in [-0.2, 0) is 0 Å². The Bertz CT molecular complexity index is 429. The molecule has 0 aliphatic rings. The third-order valence-electron chi connectivity index (χ3n) is 2.61. The predicted octanol–water partition coefficient (Wildman–Crippen LogP) is 1.64. The van der Waals surface area contributed by atoms with Gasteiger partial charge in [-0.05, 0) is 31.9 Å². The molecule has 0 spiro atoms. The number of rotatable bonds is 4. The van der Waals surface area contributed by atoms with Crippen molar-refractivity contribution in [1.29, 1.82) is 0 Å². The second-order valence-corrected chi connectivity index (χ2v) is 4.19. The molecule has 0 aromatic carbocycles. The second-order valence-electron chi connectivity index (χ2n) is 4.19. The lowest BCUT2D eigenvalue weighted by Crippen LogP contribution is -2.26. The molecule has 0 aliphatic heterocycles. The molecule has 0 aliphatic carbocycles. The highest BCUT2D eigenvalue weighted by atomic mass is 16.4. The summed E-state index contributed by atoms with van der Waals surface area (Å²) in [5.41, 5.74) is 8.31. The zero-order valence-electron chi connectivity index (χ0n) is 10.9. The molecule has 0 radical (unpaired) electrons. The Morgan fingerprint density at radius 2 is 2.18 bits per heavy atom. The lowest BCUT2D eigenvalue weighted by Gasteiger charge is -2.22. The number of hydrogen-bond acceptors (Lipinski definition) is 4. The maximum Gasteiger partial charge on any atom is 0.174 e. The van der Waals surface area contributed by atoms with Gasteiger partial charge in [-0.15, -0.1) is 0 Å². The van der Waals surface area contributed by atoms with Crippen LogP contribution in [0.15, 0.2) is 11.2 Å². The largest absolute Gasteiger partial charge is 0.409 e. The van der Waals surface area contributed by atoms with Gasteiger partial charge in [0.05, 0.1) is 5.56 Å². The Morgan fingerprint density at radius 3 is 2.71 bits per heavy atom. The molecule has 1 heterocycles. The summed E-state index contributed by atoms with van der Waals surface area (Å²) in [5, 5.41) is 11.9. The van der Waals surface area contributed by atoms with Gasteiger partial charge in [0.1, 0.15) is 5.82 Å². The van der Waals surface area contributed by atoms with Crippen molar-refractivity contribution in [2.45, 2.75) is 27.2 Å². The van der Waals surface area contributed by atoms with Gasteiger partial charge < -0.3 is 15.8 Å². The summed E-state index contributed by atoms with van der Waals surface area (Å²) in [6.45, 7) is 6.85. The lowest BCUT2D eigenvalue weighted by atomic mass is 10.1. The standard InChI is InChI=1S/C12H20N4O/c1-5-6-16(4)12-10(11(13)15-17)8(2)7-9(3)14-12/h7,17H,5-6H2,1-4H3,(H2,13,15). The molecule has 1 rings (SSSR count). The molecule has 94 valence electrons. The van der Waals surface area contributed by atoms with Crippen LogP contribution < -0.4 is 10.6 Å². The highest BCUT2D eigenvalue weighted by molar-refractivity contribution is 6.02. The number of aryl methyl sites for hydroxylation is 2. The molecule has 1 aromatic rings. The van der Waals surface area contributed by atoms with Gasteiger partial charge in [-0.25, -0.2) is 4.98 Å². The summed E-state index contributed by atoms with van der Waals surface area (Å²) in [6, 6.07) is 1.93. The molecule has 5 heteroatoms. The summed E-state index contributed by atoms with van der Waals surface area (Å²) in [4.78, 5) is 6.50. The van der Waals surface area contributed by atoms with Crippen molar-refractivity contribution in [2.75, 3.05) is 18.5 Å². The third-order valence-corrected chi connectivity index (χ3v) is 2.61. The van der Waals surface area contributed by atoms with Crippen LogP contribution in [0, 0.1) is 13.8 Å². The third kappa shape index (κ3) is 2.87. The number of anilines is 1. The molecule has 0 atom stereocenters. The number of nitrogens with zero attached hydrogens (tertiary/aromatic N) is 3. The van der Waals surface area contributed by atoms with E-state index in [1.165, 1.54) is 0 Å². The maximum absolute atomic E-state index is 8.83. The average Bonchev–Trinajstić information content (AvgIpc) is 2.27. The summed E-state index contributed by atoms with van der Waals surface area (Å²) >= 11 is 0. The first-order valence-electron chi connectivity index (χ1n) is 5.68. The molecule has 5 nitrogen and oxygen atoms in total. The van der Waals surface area contributed by atoms with Crippen molar-refractivity contribution in [3.8, 4) is 0 Å². The topological polar surface area (TPSA) is 74.7 Å². The Morgan fingerprint density at radius 1 is 1.53 bits per heavy atom. The zero-order valence-corrected chi connectivity index (χ0v) is 10.9. The molecule has 17 heavy (non-hydrogen) atoms. The molecular formula is C12H20N4O. The Hall–Kier alpha value is -1.78. The number of pyridine rings is 1. The van der Waals surface area contributed by atoms with E-state index in [2.05, 4.69) is 17.1 Å². The van der Waals surface area contributed by atoms with Crippen molar-refractivity contribution in [1.82, 2.24) is 4.98 Å². The van der Waals surface area contributed by atoms with E-state index in [1.807, 2.05) is 31.9 Å². The number of oxime groups is 1. The molecule has 0 amide bonds. The number of aromatic nitrogens is 1. The maximum atomic E-state index is 8.83. The van der Waals surface area contributed by atoms with Crippen LogP contribution in [0.2, 0.25) is 0 Å². The number of hydrogen-bond donors (Lipinski definition) is 2. The van der Waals surface area contributed by atoms with Crippen molar-refractivity contribution in [3.63, 3.8) is 0 Å². The van der Waals surface area contributed by atoms with Crippen molar-refractivity contribution < 1.29 is 5.21 Å². The second kappa shape index (κ2) is 5.52. The van der Waals surface area contributed by atoms with Crippen LogP contribution in [-0.4, -0.2) is 29.6 Å². The lowest BCUT2D eigenvalue weighted by molar-refractivity contribution is 0.318. The van der Waals surface area contributed by atoms with Gasteiger partial charge in [0.2, 0.25) is 0 Å². The molecule has 0 saturated heterocycles. The molecule has 1 aromatic heterocycles. The van der Waals surface area contributed by atoms with Gasteiger partial charge in [0, 0.05) is 19.3 Å². The summed E-state index contributed by atoms with van der Waals surface area (Å²) in [5.74, 6) is 0.868. The van der Waals surface area contributed by atoms with Crippen LogP contribution in [0.3, 0.4) is 0 Å². The zero-order chi connectivity index (χ0) is 13.0. The fourth-order valence-corrected chi connectivity index (χ4v) is 1.90. The van der Waals surface area contributed by atoms with E-state index in [9.17, 15) is 0 Å². The van der Waals surface area contributed by atoms with E-state index in [1.54, 1.807) is 0 Å². The fourth-order valence-electron chi connectivity index (χ4n) is 1.90. The Balaban J connectivity index is 3.35. The van der Waals surface area contributed by atoms with E-state index >= 15 is 0 Å². The van der Waals surface area contributed by atoms with Crippen molar-refractivity contribution >= 4 is 11.7 Å². The van der Waals surface area contributed by atoms with Crippen LogP contribution in [0.5, 0.6) is 0 Å². The summed E-state index contributed by atoms with van der Waals surface area (Å²) in [6.07, 6.45) is 1.01. The molecule has 0 bridgehead atoms. The van der Waals surface area contributed by atoms with E-state index < -0.39 is 0 Å². The van der Waals surface area contributed by atoms with Gasteiger partial charge >= 0.3 is 0 Å². The number of nitrogens with two attached hydrogens (primary N) is 1. The van der Waals surface area contributed by atoms with Crippen LogP contribution in [0.4, 0.5) is 5.82 Å². The predicted molar refractivity (Wildman–Crippen MR) is 69.8 cm³/mol. The highest BCUT2D eigenvalue weighted by Crippen LogP contribution is 2.21. The molecule has 0 unspecified atom stereocenters. The van der Waals surface area contributed by atoms with Gasteiger partial charge in [-0.1, -0.05) is 12.1 Å². The molecular weight excluding hydrogens is 216 g/mol. The first kappa shape index (κ1) is 13.3. The molecule has 0 fully saturated rings. The quantitative estimate of drug-likeness (QED) is 0.361. The van der Waals surface area contributed by atoms with Crippen LogP contribution in [0.25, 0.3) is 0 Å². The van der Waals surface area contributed by atoms with Gasteiger partial charge in [-0.2, -0.15) is 0 Å². The van der Waals surface area contributed by atoms with Crippen molar-refractivity contribution in [3.05, 3.63) is 22.9 Å². The highest BCUT2D eigenvalue weighted by Gasteiger charge is 2.15. The van der Waals surface area contributed by atoms with Gasteiger partial charge in [0.25, 0.3) is 0 Å². The van der Waals surface area contributed by atoms with E-state index in [-0.39, 0.29) is 5.84 Å². The van der Waals surface area contributed by atoms with Gasteiger partial charge in [-0.3, -0.25) is 0 Å². The normalized spacial score (nSPS) is 11.6.